The van der Waals surface area contributed by atoms with Crippen molar-refractivity contribution >= 4 is 18.0 Å². The van der Waals surface area contributed by atoms with E-state index in [9.17, 15) is 14.4 Å². The predicted octanol–water partition coefficient (Wildman–Crippen LogP) is 0.336. The molecule has 0 saturated heterocycles. The summed E-state index contributed by atoms with van der Waals surface area (Å²) in [6.45, 7) is 1.67. The summed E-state index contributed by atoms with van der Waals surface area (Å²) in [4.78, 5) is 35.1. The van der Waals surface area contributed by atoms with Crippen LogP contribution in [0.1, 0.15) is 26.2 Å². The van der Waals surface area contributed by atoms with Gasteiger partial charge in [0.05, 0.1) is 19.6 Å². The molecule has 0 heterocycles. The van der Waals surface area contributed by atoms with E-state index in [2.05, 4.69) is 10.1 Å². The van der Waals surface area contributed by atoms with Crippen molar-refractivity contribution in [2.75, 3.05) is 14.2 Å². The summed E-state index contributed by atoms with van der Waals surface area (Å²) >= 11 is 0. The Morgan fingerprint density at radius 1 is 1.45 bits per heavy atom. The fourth-order valence-corrected chi connectivity index (χ4v) is 1.34. The molecule has 0 aromatic heterocycles. The third-order valence-electron chi connectivity index (χ3n) is 2.83. The van der Waals surface area contributed by atoms with E-state index < -0.39 is 24.0 Å². The molecule has 2 N–H and O–H groups in total. The van der Waals surface area contributed by atoms with Crippen LogP contribution in [0, 0.1) is 11.3 Å². The number of carbonyl (C=O) groups excluding carboxylic acids is 2. The third kappa shape index (κ3) is 6.04. The molecule has 0 aromatic carbocycles. The van der Waals surface area contributed by atoms with Crippen LogP contribution in [0.2, 0.25) is 0 Å². The second-order valence-electron chi connectivity index (χ2n) is 4.28. The highest BCUT2D eigenvalue weighted by Crippen LogP contribution is 2.04. The number of ether oxygens (including phenoxy) is 1. The van der Waals surface area contributed by atoms with E-state index in [1.807, 2.05) is 6.07 Å². The molecule has 1 unspecified atom stereocenters. The monoisotopic (exact) mass is 285 g/mol. The summed E-state index contributed by atoms with van der Waals surface area (Å²) in [5.74, 6) is -1.78. The van der Waals surface area contributed by atoms with E-state index in [4.69, 9.17) is 10.4 Å². The quantitative estimate of drug-likeness (QED) is 0.651. The molecule has 0 bridgehead atoms. The second-order valence-corrected chi connectivity index (χ2v) is 4.28. The van der Waals surface area contributed by atoms with Crippen molar-refractivity contribution in [3.63, 3.8) is 0 Å². The first-order chi connectivity index (χ1) is 9.33. The first-order valence-corrected chi connectivity index (χ1v) is 6.03. The lowest BCUT2D eigenvalue weighted by atomic mass is 10.1. The number of nitrogens with zero attached hydrogens (tertiary/aromatic N) is 2. The largest absolute Gasteiger partial charge is 0.480 e. The molecule has 2 atom stereocenters. The number of carboxylic acid groups (broad SMARTS) is 1. The summed E-state index contributed by atoms with van der Waals surface area (Å²) < 4.78 is 4.41. The van der Waals surface area contributed by atoms with Crippen LogP contribution in [-0.2, 0) is 14.3 Å². The fraction of sp³-hybridized carbons (Fsp3) is 0.667. The van der Waals surface area contributed by atoms with E-state index in [0.29, 0.717) is 0 Å². The van der Waals surface area contributed by atoms with Gasteiger partial charge in [0, 0.05) is 19.5 Å². The predicted molar refractivity (Wildman–Crippen MR) is 68.7 cm³/mol. The van der Waals surface area contributed by atoms with E-state index in [-0.39, 0.29) is 25.3 Å². The van der Waals surface area contributed by atoms with Gasteiger partial charge in [0.25, 0.3) is 0 Å². The van der Waals surface area contributed by atoms with Crippen molar-refractivity contribution in [3.05, 3.63) is 0 Å². The molecular weight excluding hydrogens is 266 g/mol. The van der Waals surface area contributed by atoms with Crippen molar-refractivity contribution < 1.29 is 24.2 Å². The lowest BCUT2D eigenvalue weighted by Crippen LogP contribution is -2.49. The topological polar surface area (TPSA) is 120 Å². The highest BCUT2D eigenvalue weighted by molar-refractivity contribution is 5.83. The van der Waals surface area contributed by atoms with Crippen LogP contribution >= 0.6 is 0 Å². The minimum absolute atomic E-state index is 0.0613. The van der Waals surface area contributed by atoms with Crippen LogP contribution < -0.4 is 5.32 Å². The standard InChI is InChI=1S/C12H19N3O5/c1-8(6-7-13)15(2)12(19)14-9(11(17)18)4-5-10(16)20-3/h8-9H,4-6H2,1-3H3,(H,14,19)(H,17,18)/t8?,9-/m0/s1. The summed E-state index contributed by atoms with van der Waals surface area (Å²) in [6.07, 6.45) is -0.0246. The Balaban J connectivity index is 4.52. The van der Waals surface area contributed by atoms with Gasteiger partial charge in [-0.15, -0.1) is 0 Å². The molecule has 0 spiro atoms. The van der Waals surface area contributed by atoms with Gasteiger partial charge in [-0.2, -0.15) is 5.26 Å². The molecule has 8 nitrogen and oxygen atoms in total. The Morgan fingerprint density at radius 3 is 2.50 bits per heavy atom. The maximum atomic E-state index is 11.8. The van der Waals surface area contributed by atoms with Gasteiger partial charge < -0.3 is 20.1 Å². The third-order valence-corrected chi connectivity index (χ3v) is 2.83. The van der Waals surface area contributed by atoms with Gasteiger partial charge in [0.1, 0.15) is 6.04 Å². The number of esters is 1. The molecule has 112 valence electrons. The van der Waals surface area contributed by atoms with Gasteiger partial charge in [-0.05, 0) is 13.3 Å². The number of amides is 2. The van der Waals surface area contributed by atoms with Crippen molar-refractivity contribution in [1.82, 2.24) is 10.2 Å². The number of nitriles is 1. The zero-order valence-electron chi connectivity index (χ0n) is 11.8. The molecule has 0 aliphatic rings. The molecule has 0 fully saturated rings. The molecule has 20 heavy (non-hydrogen) atoms. The number of carboxylic acids is 1. The van der Waals surface area contributed by atoms with Gasteiger partial charge in [-0.25, -0.2) is 9.59 Å². The van der Waals surface area contributed by atoms with Gasteiger partial charge in [0.15, 0.2) is 0 Å². The summed E-state index contributed by atoms with van der Waals surface area (Å²) in [5, 5.41) is 19.9. The molecule has 0 rings (SSSR count). The Bertz CT molecular complexity index is 404. The zero-order valence-corrected chi connectivity index (χ0v) is 11.8. The molecular formula is C12H19N3O5. The first-order valence-electron chi connectivity index (χ1n) is 6.03. The fourth-order valence-electron chi connectivity index (χ4n) is 1.34. The first kappa shape index (κ1) is 17.7. The van der Waals surface area contributed by atoms with Crippen LogP contribution in [0.3, 0.4) is 0 Å². The number of rotatable bonds is 7. The Labute approximate surface area is 117 Å². The van der Waals surface area contributed by atoms with E-state index in [0.717, 1.165) is 0 Å². The van der Waals surface area contributed by atoms with Gasteiger partial charge in [-0.3, -0.25) is 4.79 Å². The lowest BCUT2D eigenvalue weighted by Gasteiger charge is -2.25. The molecule has 0 aliphatic carbocycles. The van der Waals surface area contributed by atoms with E-state index >= 15 is 0 Å². The average molecular weight is 285 g/mol. The Morgan fingerprint density at radius 2 is 2.05 bits per heavy atom. The number of methoxy groups -OCH3 is 1. The SMILES string of the molecule is COC(=O)CC[C@H](NC(=O)N(C)C(C)CC#N)C(=O)O. The Kier molecular flexibility index (Phi) is 7.74. The summed E-state index contributed by atoms with van der Waals surface area (Å²) in [7, 11) is 2.67. The van der Waals surface area contributed by atoms with Crippen molar-refractivity contribution in [3.8, 4) is 6.07 Å². The normalized spacial score (nSPS) is 12.7. The average Bonchev–Trinajstić information content (AvgIpc) is 2.41. The van der Waals surface area contributed by atoms with E-state index in [1.54, 1.807) is 6.92 Å². The number of hydrogen-bond donors (Lipinski definition) is 2. The zero-order chi connectivity index (χ0) is 15.7. The molecule has 2 amide bonds. The smallest absolute Gasteiger partial charge is 0.326 e. The molecule has 8 heteroatoms. The van der Waals surface area contributed by atoms with Gasteiger partial charge in [0.2, 0.25) is 0 Å². The van der Waals surface area contributed by atoms with Crippen LogP contribution in [0.15, 0.2) is 0 Å². The van der Waals surface area contributed by atoms with Crippen LogP contribution in [0.4, 0.5) is 4.79 Å². The minimum Gasteiger partial charge on any atom is -0.480 e. The number of nitrogens with one attached hydrogen (secondary N) is 1. The summed E-state index contributed by atoms with van der Waals surface area (Å²) in [6, 6.07) is -0.199. The highest BCUT2D eigenvalue weighted by atomic mass is 16.5. The van der Waals surface area contributed by atoms with Crippen molar-refractivity contribution in [2.45, 2.75) is 38.3 Å². The van der Waals surface area contributed by atoms with Crippen LogP contribution in [-0.4, -0.2) is 54.2 Å². The molecule has 0 radical (unpaired) electrons. The molecule has 0 aromatic rings. The minimum atomic E-state index is -1.23. The lowest BCUT2D eigenvalue weighted by molar-refractivity contribution is -0.142. The van der Waals surface area contributed by atoms with Gasteiger partial charge >= 0.3 is 18.0 Å². The molecule has 0 saturated carbocycles. The number of hydrogen-bond acceptors (Lipinski definition) is 5. The number of carbonyl (C=O) groups is 3. The van der Waals surface area contributed by atoms with Gasteiger partial charge in [-0.1, -0.05) is 0 Å². The molecule has 0 aliphatic heterocycles. The van der Waals surface area contributed by atoms with E-state index in [1.165, 1.54) is 19.1 Å². The highest BCUT2D eigenvalue weighted by Gasteiger charge is 2.24. The maximum Gasteiger partial charge on any atom is 0.326 e. The number of urea groups is 1. The number of aliphatic carboxylic acids is 1. The van der Waals surface area contributed by atoms with Crippen molar-refractivity contribution in [1.29, 1.82) is 5.26 Å². The van der Waals surface area contributed by atoms with Crippen LogP contribution in [0.25, 0.3) is 0 Å². The van der Waals surface area contributed by atoms with Crippen molar-refractivity contribution in [2.24, 2.45) is 0 Å². The second kappa shape index (κ2) is 8.74. The maximum absolute atomic E-state index is 11.8. The van der Waals surface area contributed by atoms with Crippen LogP contribution in [0.5, 0.6) is 0 Å². The Hall–Kier alpha value is -2.30. The summed E-state index contributed by atoms with van der Waals surface area (Å²) in [5.41, 5.74) is 0.